The molecule has 18 heavy (non-hydrogen) atoms. The van der Waals surface area contributed by atoms with Gasteiger partial charge in [-0.3, -0.25) is 4.79 Å². The second-order valence-corrected chi connectivity index (χ2v) is 5.17. The third-order valence-electron chi connectivity index (χ3n) is 2.51. The van der Waals surface area contributed by atoms with E-state index in [-0.39, 0.29) is 18.0 Å². The van der Waals surface area contributed by atoms with Gasteiger partial charge in [0.15, 0.2) is 5.78 Å². The van der Waals surface area contributed by atoms with Gasteiger partial charge < -0.3 is 0 Å². The van der Waals surface area contributed by atoms with E-state index in [0.717, 1.165) is 10.0 Å². The van der Waals surface area contributed by atoms with Crippen molar-refractivity contribution in [2.24, 2.45) is 0 Å². The van der Waals surface area contributed by atoms with Gasteiger partial charge in [0.05, 0.1) is 5.02 Å². The fourth-order valence-corrected chi connectivity index (χ4v) is 2.18. The Morgan fingerprint density at radius 2 is 1.83 bits per heavy atom. The highest BCUT2D eigenvalue weighted by Crippen LogP contribution is 2.22. The molecule has 4 heteroatoms. The first-order valence-corrected chi connectivity index (χ1v) is 6.46. The fraction of sp³-hybridized carbons (Fsp3) is 0.0714. The number of ketones is 1. The zero-order valence-electron chi connectivity index (χ0n) is 9.29. The van der Waals surface area contributed by atoms with Crippen molar-refractivity contribution in [2.75, 3.05) is 0 Å². The molecule has 0 fully saturated rings. The average Bonchev–Trinajstić information content (AvgIpc) is 2.35. The second-order valence-electron chi connectivity index (χ2n) is 3.85. The summed E-state index contributed by atoms with van der Waals surface area (Å²) in [6.45, 7) is 0. The van der Waals surface area contributed by atoms with Crippen LogP contribution in [0.2, 0.25) is 5.02 Å². The Morgan fingerprint density at radius 1 is 1.17 bits per heavy atom. The first-order chi connectivity index (χ1) is 8.56. The van der Waals surface area contributed by atoms with Crippen LogP contribution in [0.5, 0.6) is 0 Å². The van der Waals surface area contributed by atoms with Crippen LogP contribution in [0.25, 0.3) is 0 Å². The largest absolute Gasteiger partial charge is 0.294 e. The average molecular weight is 328 g/mol. The minimum atomic E-state index is -0.313. The molecule has 0 bridgehead atoms. The summed E-state index contributed by atoms with van der Waals surface area (Å²) in [4.78, 5) is 12.1. The number of hydrogen-bond acceptors (Lipinski definition) is 1. The lowest BCUT2D eigenvalue weighted by Gasteiger charge is -2.04. The molecule has 0 amide bonds. The van der Waals surface area contributed by atoms with Crippen molar-refractivity contribution < 1.29 is 9.18 Å². The van der Waals surface area contributed by atoms with Crippen molar-refractivity contribution >= 4 is 33.3 Å². The molecule has 0 unspecified atom stereocenters. The van der Waals surface area contributed by atoms with E-state index in [1.165, 1.54) is 12.1 Å². The standard InChI is InChI=1S/C14H9BrClFO/c15-10-3-6-13(16)12(8-10)14(18)7-9-1-4-11(17)5-2-9/h1-6,8H,7H2. The van der Waals surface area contributed by atoms with Gasteiger partial charge in [-0.2, -0.15) is 0 Å². The van der Waals surface area contributed by atoms with Crippen LogP contribution in [0.3, 0.4) is 0 Å². The van der Waals surface area contributed by atoms with Gasteiger partial charge in [0, 0.05) is 16.5 Å². The van der Waals surface area contributed by atoms with Gasteiger partial charge in [-0.25, -0.2) is 4.39 Å². The van der Waals surface area contributed by atoms with E-state index < -0.39 is 0 Å². The van der Waals surface area contributed by atoms with Crippen molar-refractivity contribution in [1.82, 2.24) is 0 Å². The number of carbonyl (C=O) groups is 1. The van der Waals surface area contributed by atoms with Crippen LogP contribution in [-0.4, -0.2) is 5.78 Å². The molecule has 2 rings (SSSR count). The summed E-state index contributed by atoms with van der Waals surface area (Å²) in [5.41, 5.74) is 1.23. The lowest BCUT2D eigenvalue weighted by molar-refractivity contribution is 0.0993. The van der Waals surface area contributed by atoms with Crippen molar-refractivity contribution in [3.8, 4) is 0 Å². The molecular formula is C14H9BrClFO. The highest BCUT2D eigenvalue weighted by Gasteiger charge is 2.11. The number of hydrogen-bond donors (Lipinski definition) is 0. The first-order valence-electron chi connectivity index (χ1n) is 5.29. The molecule has 0 aromatic heterocycles. The van der Waals surface area contributed by atoms with E-state index in [0.29, 0.717) is 10.6 Å². The molecule has 0 radical (unpaired) electrons. The first kappa shape index (κ1) is 13.2. The summed E-state index contributed by atoms with van der Waals surface area (Å²) in [7, 11) is 0. The summed E-state index contributed by atoms with van der Waals surface area (Å²) < 4.78 is 13.6. The molecule has 0 atom stereocenters. The molecule has 0 spiro atoms. The Balaban J connectivity index is 2.21. The number of benzene rings is 2. The maximum atomic E-state index is 12.8. The molecular weight excluding hydrogens is 319 g/mol. The van der Waals surface area contributed by atoms with Crippen LogP contribution in [0, 0.1) is 5.82 Å². The van der Waals surface area contributed by atoms with E-state index in [9.17, 15) is 9.18 Å². The Labute approximate surface area is 118 Å². The van der Waals surface area contributed by atoms with Gasteiger partial charge in [-0.1, -0.05) is 39.7 Å². The van der Waals surface area contributed by atoms with Crippen LogP contribution in [0.15, 0.2) is 46.9 Å². The third kappa shape index (κ3) is 3.18. The van der Waals surface area contributed by atoms with Gasteiger partial charge in [-0.05, 0) is 35.9 Å². The SMILES string of the molecule is O=C(Cc1ccc(F)cc1)c1cc(Br)ccc1Cl. The summed E-state index contributed by atoms with van der Waals surface area (Å²) in [5.74, 6) is -0.403. The summed E-state index contributed by atoms with van der Waals surface area (Å²) in [5, 5.41) is 0.422. The lowest BCUT2D eigenvalue weighted by atomic mass is 10.0. The quantitative estimate of drug-likeness (QED) is 0.749. The molecule has 0 heterocycles. The predicted octanol–water partition coefficient (Wildman–Crippen LogP) is 4.67. The van der Waals surface area contributed by atoms with Crippen LogP contribution in [0.1, 0.15) is 15.9 Å². The minimum absolute atomic E-state index is 0.0899. The molecule has 0 aliphatic heterocycles. The number of halogens is 3. The van der Waals surface area contributed by atoms with Crippen LogP contribution < -0.4 is 0 Å². The summed E-state index contributed by atoms with van der Waals surface area (Å²) in [6.07, 6.45) is 0.205. The topological polar surface area (TPSA) is 17.1 Å². The Morgan fingerprint density at radius 3 is 2.50 bits per heavy atom. The normalized spacial score (nSPS) is 10.4. The van der Waals surface area contributed by atoms with Gasteiger partial charge in [0.1, 0.15) is 5.82 Å². The highest BCUT2D eigenvalue weighted by atomic mass is 79.9. The zero-order valence-corrected chi connectivity index (χ0v) is 11.6. The molecule has 0 saturated heterocycles. The number of Topliss-reactive ketones (excluding diaryl/α,β-unsaturated/α-hetero) is 1. The highest BCUT2D eigenvalue weighted by molar-refractivity contribution is 9.10. The lowest BCUT2D eigenvalue weighted by Crippen LogP contribution is -2.04. The van der Waals surface area contributed by atoms with Gasteiger partial charge in [0.25, 0.3) is 0 Å². The maximum Gasteiger partial charge on any atom is 0.168 e. The van der Waals surface area contributed by atoms with Crippen molar-refractivity contribution in [1.29, 1.82) is 0 Å². The molecule has 0 aliphatic rings. The van der Waals surface area contributed by atoms with E-state index in [4.69, 9.17) is 11.6 Å². The van der Waals surface area contributed by atoms with Gasteiger partial charge in [0.2, 0.25) is 0 Å². The fourth-order valence-electron chi connectivity index (χ4n) is 1.59. The van der Waals surface area contributed by atoms with Crippen LogP contribution in [-0.2, 0) is 6.42 Å². The van der Waals surface area contributed by atoms with E-state index >= 15 is 0 Å². The zero-order chi connectivity index (χ0) is 13.1. The van der Waals surface area contributed by atoms with E-state index in [1.54, 1.807) is 30.3 Å². The second kappa shape index (κ2) is 5.63. The third-order valence-corrected chi connectivity index (χ3v) is 3.33. The summed E-state index contributed by atoms with van der Waals surface area (Å²) >= 11 is 9.28. The van der Waals surface area contributed by atoms with Crippen molar-refractivity contribution in [3.63, 3.8) is 0 Å². The van der Waals surface area contributed by atoms with Crippen molar-refractivity contribution in [2.45, 2.75) is 6.42 Å². The molecule has 0 N–H and O–H groups in total. The summed E-state index contributed by atoms with van der Waals surface area (Å²) in [6, 6.07) is 11.0. The molecule has 2 aromatic carbocycles. The molecule has 1 nitrogen and oxygen atoms in total. The predicted molar refractivity (Wildman–Crippen MR) is 73.6 cm³/mol. The molecule has 0 saturated carbocycles. The molecule has 0 aliphatic carbocycles. The van der Waals surface area contributed by atoms with E-state index in [2.05, 4.69) is 15.9 Å². The van der Waals surface area contributed by atoms with Gasteiger partial charge >= 0.3 is 0 Å². The van der Waals surface area contributed by atoms with Crippen molar-refractivity contribution in [3.05, 3.63) is 68.9 Å². The molecule has 2 aromatic rings. The molecule has 92 valence electrons. The number of rotatable bonds is 3. The Bertz CT molecular complexity index is 581. The Hall–Kier alpha value is -1.19. The van der Waals surface area contributed by atoms with Crippen LogP contribution in [0.4, 0.5) is 4.39 Å². The van der Waals surface area contributed by atoms with E-state index in [1.807, 2.05) is 0 Å². The smallest absolute Gasteiger partial charge is 0.168 e. The maximum absolute atomic E-state index is 12.8. The van der Waals surface area contributed by atoms with Crippen LogP contribution >= 0.6 is 27.5 Å². The Kier molecular flexibility index (Phi) is 4.15. The monoisotopic (exact) mass is 326 g/mol. The number of carbonyl (C=O) groups excluding carboxylic acids is 1. The van der Waals surface area contributed by atoms with Gasteiger partial charge in [-0.15, -0.1) is 0 Å². The minimum Gasteiger partial charge on any atom is -0.294 e.